The van der Waals surface area contributed by atoms with Gasteiger partial charge in [0.1, 0.15) is 28.8 Å². The number of amides is 2. The minimum absolute atomic E-state index is 0.0817. The molecule has 1 atom stereocenters. The first-order valence-corrected chi connectivity index (χ1v) is 12.0. The van der Waals surface area contributed by atoms with Gasteiger partial charge in [-0.3, -0.25) is 14.4 Å². The van der Waals surface area contributed by atoms with Gasteiger partial charge in [0.15, 0.2) is 0 Å². The van der Waals surface area contributed by atoms with Gasteiger partial charge in [-0.15, -0.1) is 0 Å². The molecular formula is C25H21ClF2N4O3S. The van der Waals surface area contributed by atoms with Crippen LogP contribution in [0.4, 0.5) is 14.5 Å². The minimum Gasteiger partial charge on any atom is -0.354 e. The van der Waals surface area contributed by atoms with Crippen molar-refractivity contribution in [1.82, 2.24) is 14.3 Å². The number of rotatable bonds is 7. The zero-order valence-electron chi connectivity index (χ0n) is 19.5. The van der Waals surface area contributed by atoms with E-state index in [0.29, 0.717) is 21.3 Å². The second kappa shape index (κ2) is 10.2. The summed E-state index contributed by atoms with van der Waals surface area (Å²) in [6.45, 7) is 2.94. The van der Waals surface area contributed by atoms with Gasteiger partial charge >= 0.3 is 0 Å². The zero-order valence-corrected chi connectivity index (χ0v) is 21.1. The Bertz CT molecular complexity index is 1510. The standard InChI is InChI=1S/C25H21ClF2N4O3S/c1-12(33)11-32-20(24(34)29-3)10-19(23(32)13(2)17-8-14(27)5-7-18(17)26)30-25(35)22-16-6-4-15(28)9-21(16)36-31-22/h4-10,13H,11H2,1-3H3,(H,29,34)(H,30,35)/t13-/m0/s1. The summed E-state index contributed by atoms with van der Waals surface area (Å²) < 4.78 is 33.9. The Balaban J connectivity index is 1.86. The molecule has 4 aromatic rings. The summed E-state index contributed by atoms with van der Waals surface area (Å²) in [7, 11) is 1.44. The smallest absolute Gasteiger partial charge is 0.276 e. The molecule has 2 N–H and O–H groups in total. The molecule has 2 aromatic carbocycles. The van der Waals surface area contributed by atoms with Crippen LogP contribution in [-0.2, 0) is 11.3 Å². The normalized spacial score (nSPS) is 11.9. The van der Waals surface area contributed by atoms with E-state index in [0.717, 1.165) is 11.5 Å². The number of benzene rings is 2. The average Bonchev–Trinajstić information content (AvgIpc) is 3.40. The predicted octanol–water partition coefficient (Wildman–Crippen LogP) is 5.38. The number of carbonyl (C=O) groups is 3. The molecule has 11 heteroatoms. The number of anilines is 1. The third-order valence-electron chi connectivity index (χ3n) is 5.71. The molecule has 0 fully saturated rings. The largest absolute Gasteiger partial charge is 0.354 e. The van der Waals surface area contributed by atoms with Crippen LogP contribution in [0.2, 0.25) is 5.02 Å². The molecule has 0 unspecified atom stereocenters. The van der Waals surface area contributed by atoms with Crippen LogP contribution in [0.15, 0.2) is 42.5 Å². The first-order chi connectivity index (χ1) is 17.1. The Morgan fingerprint density at radius 1 is 1.08 bits per heavy atom. The second-order valence-electron chi connectivity index (χ2n) is 8.21. The van der Waals surface area contributed by atoms with E-state index in [-0.39, 0.29) is 34.4 Å². The van der Waals surface area contributed by atoms with Crippen LogP contribution in [0.5, 0.6) is 0 Å². The van der Waals surface area contributed by atoms with E-state index in [1.54, 1.807) is 6.92 Å². The molecule has 36 heavy (non-hydrogen) atoms. The van der Waals surface area contributed by atoms with Gasteiger partial charge in [-0.2, -0.15) is 4.37 Å². The summed E-state index contributed by atoms with van der Waals surface area (Å²) in [5.74, 6) is -2.88. The molecule has 0 spiro atoms. The molecular weight excluding hydrogens is 510 g/mol. The second-order valence-corrected chi connectivity index (χ2v) is 9.42. The summed E-state index contributed by atoms with van der Waals surface area (Å²) in [6, 6.07) is 9.35. The molecule has 0 bridgehead atoms. The molecule has 2 aromatic heterocycles. The third kappa shape index (κ3) is 4.87. The lowest BCUT2D eigenvalue weighted by molar-refractivity contribution is -0.117. The van der Waals surface area contributed by atoms with Crippen molar-refractivity contribution in [3.63, 3.8) is 0 Å². The zero-order chi connectivity index (χ0) is 26.1. The lowest BCUT2D eigenvalue weighted by Gasteiger charge is -2.20. The third-order valence-corrected chi connectivity index (χ3v) is 6.86. The van der Waals surface area contributed by atoms with E-state index >= 15 is 0 Å². The fourth-order valence-corrected chi connectivity index (χ4v) is 5.17. The van der Waals surface area contributed by atoms with Crippen molar-refractivity contribution in [1.29, 1.82) is 0 Å². The first-order valence-electron chi connectivity index (χ1n) is 10.9. The highest BCUT2D eigenvalue weighted by molar-refractivity contribution is 7.13. The average molecular weight is 531 g/mol. The van der Waals surface area contributed by atoms with E-state index in [9.17, 15) is 23.2 Å². The van der Waals surface area contributed by atoms with Crippen LogP contribution in [0.3, 0.4) is 0 Å². The highest BCUT2D eigenvalue weighted by Gasteiger charge is 2.28. The van der Waals surface area contributed by atoms with Crippen molar-refractivity contribution in [2.75, 3.05) is 12.4 Å². The number of aromatic nitrogens is 2. The molecule has 7 nitrogen and oxygen atoms in total. The summed E-state index contributed by atoms with van der Waals surface area (Å²) in [5, 5.41) is 6.06. The molecule has 0 saturated heterocycles. The molecule has 186 valence electrons. The number of ketones is 1. The topological polar surface area (TPSA) is 93.1 Å². The van der Waals surface area contributed by atoms with Gasteiger partial charge in [-0.05, 0) is 66.5 Å². The molecule has 2 amide bonds. The Labute approximate surface area is 214 Å². The number of hydrogen-bond acceptors (Lipinski definition) is 5. The quantitative estimate of drug-likeness (QED) is 0.335. The van der Waals surface area contributed by atoms with Crippen molar-refractivity contribution < 1.29 is 23.2 Å². The Morgan fingerprint density at radius 3 is 2.47 bits per heavy atom. The molecule has 0 aliphatic heterocycles. The number of Topliss-reactive ketones (excluding diaryl/α,β-unsaturated/α-hetero) is 1. The van der Waals surface area contributed by atoms with Crippen molar-refractivity contribution in [2.45, 2.75) is 26.3 Å². The number of hydrogen-bond donors (Lipinski definition) is 2. The SMILES string of the molecule is CNC(=O)c1cc(NC(=O)c2nsc3cc(F)ccc23)c([C@@H](C)c2cc(F)ccc2Cl)n1CC(C)=O. The maximum Gasteiger partial charge on any atom is 0.276 e. The van der Waals surface area contributed by atoms with Gasteiger partial charge in [0, 0.05) is 29.1 Å². The number of halogens is 3. The van der Waals surface area contributed by atoms with E-state index in [1.807, 2.05) is 0 Å². The molecule has 4 rings (SSSR count). The van der Waals surface area contributed by atoms with E-state index < -0.39 is 29.4 Å². The fraction of sp³-hybridized carbons (Fsp3) is 0.200. The molecule has 0 aliphatic carbocycles. The lowest BCUT2D eigenvalue weighted by Crippen LogP contribution is -2.24. The van der Waals surface area contributed by atoms with E-state index in [4.69, 9.17) is 11.6 Å². The number of nitrogens with one attached hydrogen (secondary N) is 2. The molecule has 0 radical (unpaired) electrons. The van der Waals surface area contributed by atoms with Crippen LogP contribution < -0.4 is 10.6 Å². The number of nitrogens with zero attached hydrogens (tertiary/aromatic N) is 2. The van der Waals surface area contributed by atoms with E-state index in [1.165, 1.54) is 61.0 Å². The highest BCUT2D eigenvalue weighted by Crippen LogP contribution is 2.37. The van der Waals surface area contributed by atoms with Crippen molar-refractivity contribution in [2.24, 2.45) is 0 Å². The Hall–Kier alpha value is -3.63. The first kappa shape index (κ1) is 25.5. The van der Waals surface area contributed by atoms with E-state index in [2.05, 4.69) is 15.0 Å². The van der Waals surface area contributed by atoms with Crippen molar-refractivity contribution in [3.05, 3.63) is 81.8 Å². The van der Waals surface area contributed by atoms with Gasteiger partial charge < -0.3 is 15.2 Å². The maximum atomic E-state index is 14.1. The summed E-state index contributed by atoms with van der Waals surface area (Å²) in [5.41, 5.74) is 1.24. The predicted molar refractivity (Wildman–Crippen MR) is 135 cm³/mol. The maximum absolute atomic E-state index is 14.1. The molecule has 2 heterocycles. The fourth-order valence-electron chi connectivity index (χ4n) is 4.09. The van der Waals surface area contributed by atoms with Gasteiger partial charge in [0.05, 0.1) is 16.9 Å². The number of fused-ring (bicyclic) bond motifs is 1. The van der Waals surface area contributed by atoms with Crippen LogP contribution in [0.25, 0.3) is 10.1 Å². The van der Waals surface area contributed by atoms with Crippen LogP contribution >= 0.6 is 23.1 Å². The van der Waals surface area contributed by atoms with Gasteiger partial charge in [0.2, 0.25) is 0 Å². The van der Waals surface area contributed by atoms with Crippen LogP contribution in [-0.4, -0.2) is 33.6 Å². The minimum atomic E-state index is -0.623. The van der Waals surface area contributed by atoms with Gasteiger partial charge in [0.25, 0.3) is 11.8 Å². The highest BCUT2D eigenvalue weighted by atomic mass is 35.5. The number of carbonyl (C=O) groups excluding carboxylic acids is 3. The Kier molecular flexibility index (Phi) is 7.18. The van der Waals surface area contributed by atoms with Crippen molar-refractivity contribution in [3.8, 4) is 0 Å². The van der Waals surface area contributed by atoms with Gasteiger partial charge in [-0.1, -0.05) is 18.5 Å². The lowest BCUT2D eigenvalue weighted by atomic mass is 9.96. The van der Waals surface area contributed by atoms with Gasteiger partial charge in [-0.25, -0.2) is 8.78 Å². The summed E-state index contributed by atoms with van der Waals surface area (Å²) in [4.78, 5) is 38.1. The van der Waals surface area contributed by atoms with Crippen LogP contribution in [0.1, 0.15) is 52.0 Å². The Morgan fingerprint density at radius 2 is 1.78 bits per heavy atom. The molecule has 0 saturated carbocycles. The monoisotopic (exact) mass is 530 g/mol. The summed E-state index contributed by atoms with van der Waals surface area (Å²) in [6.07, 6.45) is 0. The summed E-state index contributed by atoms with van der Waals surface area (Å²) >= 11 is 7.34. The van der Waals surface area contributed by atoms with Crippen LogP contribution in [0, 0.1) is 11.6 Å². The molecule has 0 aliphatic rings. The van der Waals surface area contributed by atoms with Crippen molar-refractivity contribution >= 4 is 56.5 Å².